The predicted octanol–water partition coefficient (Wildman–Crippen LogP) is 5.20. The second kappa shape index (κ2) is 7.92. The molecule has 0 spiro atoms. The number of anilines is 1. The lowest BCUT2D eigenvalue weighted by Gasteiger charge is -2.24. The van der Waals surface area contributed by atoms with E-state index in [1.54, 1.807) is 6.07 Å². The molecule has 3 heterocycles. The van der Waals surface area contributed by atoms with Gasteiger partial charge < -0.3 is 9.52 Å². The number of aryl methyl sites for hydroxylation is 2. The molecule has 34 heavy (non-hydrogen) atoms. The summed E-state index contributed by atoms with van der Waals surface area (Å²) in [4.78, 5) is 43.2. The topological polar surface area (TPSA) is 127 Å². The van der Waals surface area contributed by atoms with E-state index in [4.69, 9.17) is 4.42 Å². The molecule has 10 heteroatoms. The minimum Gasteiger partial charge on any atom is -0.503 e. The number of nitro benzene ring substituents is 1. The zero-order valence-electron chi connectivity index (χ0n) is 18.0. The van der Waals surface area contributed by atoms with Crippen molar-refractivity contribution in [2.75, 3.05) is 4.90 Å². The fraction of sp³-hybridized carbons (Fsp3) is 0.125. The molecule has 2 aromatic carbocycles. The molecule has 4 aromatic rings. The minimum atomic E-state index is -1.13. The van der Waals surface area contributed by atoms with Gasteiger partial charge in [-0.1, -0.05) is 29.5 Å². The highest BCUT2D eigenvalue weighted by atomic mass is 32.1. The molecule has 2 aromatic heterocycles. The van der Waals surface area contributed by atoms with E-state index in [-0.39, 0.29) is 27.7 Å². The number of furan rings is 1. The molecular weight excluding hydrogens is 458 g/mol. The van der Waals surface area contributed by atoms with Gasteiger partial charge in [-0.25, -0.2) is 4.98 Å². The monoisotopic (exact) mass is 475 g/mol. The number of aromatic nitrogens is 1. The first-order valence-electron chi connectivity index (χ1n) is 10.2. The molecule has 0 saturated heterocycles. The van der Waals surface area contributed by atoms with Gasteiger partial charge in [-0.2, -0.15) is 0 Å². The number of aliphatic hydroxyl groups is 1. The SMILES string of the molecule is Cc1cc(C)c2nc(N3C(=O)C(O)=C(C(=O)c4ccco4)[C@@H]3c3cccc([N+](=O)[O-])c3)sc2c1. The summed E-state index contributed by atoms with van der Waals surface area (Å²) in [5.41, 5.74) is 2.48. The summed E-state index contributed by atoms with van der Waals surface area (Å²) < 4.78 is 6.05. The van der Waals surface area contributed by atoms with Crippen LogP contribution in [0.15, 0.2) is 70.5 Å². The van der Waals surface area contributed by atoms with Gasteiger partial charge in [0.05, 0.1) is 33.0 Å². The fourth-order valence-electron chi connectivity index (χ4n) is 4.16. The molecule has 1 atom stereocenters. The van der Waals surface area contributed by atoms with E-state index in [0.717, 1.165) is 15.8 Å². The number of ketones is 1. The van der Waals surface area contributed by atoms with Gasteiger partial charge in [-0.05, 0) is 48.7 Å². The number of amides is 1. The van der Waals surface area contributed by atoms with Gasteiger partial charge in [-0.3, -0.25) is 24.6 Å². The second-order valence-corrected chi connectivity index (χ2v) is 8.93. The number of hydrogen-bond acceptors (Lipinski definition) is 8. The molecule has 0 saturated carbocycles. The molecule has 0 bridgehead atoms. The highest BCUT2D eigenvalue weighted by molar-refractivity contribution is 7.22. The van der Waals surface area contributed by atoms with E-state index in [1.807, 2.05) is 26.0 Å². The van der Waals surface area contributed by atoms with E-state index in [1.165, 1.54) is 52.8 Å². The first-order chi connectivity index (χ1) is 16.3. The fourth-order valence-corrected chi connectivity index (χ4v) is 5.33. The number of thiazole rings is 1. The highest BCUT2D eigenvalue weighted by Crippen LogP contribution is 2.45. The molecule has 1 amide bonds. The van der Waals surface area contributed by atoms with Crippen molar-refractivity contribution in [3.8, 4) is 0 Å². The van der Waals surface area contributed by atoms with Crippen LogP contribution in [0.5, 0.6) is 0 Å². The lowest BCUT2D eigenvalue weighted by Crippen LogP contribution is -2.31. The van der Waals surface area contributed by atoms with Crippen LogP contribution in [0.4, 0.5) is 10.8 Å². The Kier molecular flexibility index (Phi) is 5.02. The van der Waals surface area contributed by atoms with Crippen molar-refractivity contribution in [2.24, 2.45) is 0 Å². The molecule has 9 nitrogen and oxygen atoms in total. The summed E-state index contributed by atoms with van der Waals surface area (Å²) in [6.07, 6.45) is 1.31. The molecule has 170 valence electrons. The van der Waals surface area contributed by atoms with Crippen LogP contribution < -0.4 is 4.90 Å². The van der Waals surface area contributed by atoms with Crippen LogP contribution in [0.25, 0.3) is 10.2 Å². The summed E-state index contributed by atoms with van der Waals surface area (Å²) in [5, 5.41) is 22.5. The summed E-state index contributed by atoms with van der Waals surface area (Å²) in [5.74, 6) is -2.32. The van der Waals surface area contributed by atoms with Crippen molar-refractivity contribution in [1.29, 1.82) is 0 Å². The van der Waals surface area contributed by atoms with Crippen molar-refractivity contribution >= 4 is 44.1 Å². The quantitative estimate of drug-likeness (QED) is 0.239. The van der Waals surface area contributed by atoms with Gasteiger partial charge in [0.25, 0.3) is 11.6 Å². The van der Waals surface area contributed by atoms with E-state index in [9.17, 15) is 24.8 Å². The number of benzene rings is 2. The molecule has 0 unspecified atom stereocenters. The normalized spacial score (nSPS) is 16.0. The Bertz CT molecular complexity index is 1520. The summed E-state index contributed by atoms with van der Waals surface area (Å²) in [6.45, 7) is 3.86. The summed E-state index contributed by atoms with van der Waals surface area (Å²) in [7, 11) is 0. The molecule has 0 fully saturated rings. The number of nitro groups is 1. The number of nitrogens with zero attached hydrogens (tertiary/aromatic N) is 3. The van der Waals surface area contributed by atoms with Crippen molar-refractivity contribution in [3.63, 3.8) is 0 Å². The van der Waals surface area contributed by atoms with Crippen molar-refractivity contribution in [3.05, 3.63) is 98.7 Å². The van der Waals surface area contributed by atoms with Gasteiger partial charge in [0, 0.05) is 12.1 Å². The van der Waals surface area contributed by atoms with E-state index < -0.39 is 28.4 Å². The average Bonchev–Trinajstić information content (AvgIpc) is 3.53. The van der Waals surface area contributed by atoms with Gasteiger partial charge in [0.15, 0.2) is 16.7 Å². The second-order valence-electron chi connectivity index (χ2n) is 7.92. The lowest BCUT2D eigenvalue weighted by molar-refractivity contribution is -0.384. The lowest BCUT2D eigenvalue weighted by atomic mass is 9.95. The first kappa shape index (κ1) is 21.5. The predicted molar refractivity (Wildman–Crippen MR) is 125 cm³/mol. The molecule has 0 aliphatic carbocycles. The van der Waals surface area contributed by atoms with Crippen LogP contribution in [0.3, 0.4) is 0 Å². The average molecular weight is 475 g/mol. The van der Waals surface area contributed by atoms with Crippen LogP contribution in [0.2, 0.25) is 0 Å². The van der Waals surface area contributed by atoms with Gasteiger partial charge in [0.2, 0.25) is 5.78 Å². The largest absolute Gasteiger partial charge is 0.503 e. The van der Waals surface area contributed by atoms with Gasteiger partial charge in [0.1, 0.15) is 0 Å². The number of hydrogen-bond donors (Lipinski definition) is 1. The van der Waals surface area contributed by atoms with Gasteiger partial charge in [-0.15, -0.1) is 0 Å². The number of fused-ring (bicyclic) bond motifs is 1. The maximum Gasteiger partial charge on any atom is 0.296 e. The number of aliphatic hydroxyl groups excluding tert-OH is 1. The molecular formula is C24H17N3O6S. The van der Waals surface area contributed by atoms with Crippen LogP contribution in [-0.2, 0) is 4.79 Å². The Morgan fingerprint density at radius 1 is 1.21 bits per heavy atom. The van der Waals surface area contributed by atoms with Crippen molar-refractivity contribution in [2.45, 2.75) is 19.9 Å². The third-order valence-corrected chi connectivity index (χ3v) is 6.62. The summed E-state index contributed by atoms with van der Waals surface area (Å²) in [6, 6.07) is 11.3. The molecule has 0 radical (unpaired) electrons. The summed E-state index contributed by atoms with van der Waals surface area (Å²) >= 11 is 1.24. The Morgan fingerprint density at radius 3 is 2.71 bits per heavy atom. The Morgan fingerprint density at radius 2 is 2.00 bits per heavy atom. The molecule has 1 aliphatic rings. The Labute approximate surface area is 196 Å². The zero-order valence-corrected chi connectivity index (χ0v) is 18.8. The van der Waals surface area contributed by atoms with Gasteiger partial charge >= 0.3 is 0 Å². The Balaban J connectivity index is 1.72. The van der Waals surface area contributed by atoms with E-state index in [2.05, 4.69) is 4.98 Å². The van der Waals surface area contributed by atoms with E-state index in [0.29, 0.717) is 5.52 Å². The zero-order chi connectivity index (χ0) is 24.1. The minimum absolute atomic E-state index is 0.0672. The molecule has 1 N–H and O–H groups in total. The van der Waals surface area contributed by atoms with Crippen molar-refractivity contribution < 1.29 is 24.0 Å². The number of carbonyl (C=O) groups excluding carboxylic acids is 2. The first-order valence-corrected chi connectivity index (χ1v) is 11.0. The maximum absolute atomic E-state index is 13.3. The van der Waals surface area contributed by atoms with Crippen LogP contribution in [0.1, 0.15) is 33.3 Å². The molecule has 5 rings (SSSR count). The van der Waals surface area contributed by atoms with E-state index >= 15 is 0 Å². The number of non-ortho nitro benzene ring substituents is 1. The van der Waals surface area contributed by atoms with Crippen LogP contribution in [0, 0.1) is 24.0 Å². The van der Waals surface area contributed by atoms with Crippen LogP contribution in [-0.4, -0.2) is 26.7 Å². The standard InChI is InChI=1S/C24H17N3O6S/c1-12-9-13(2)19-17(10-12)34-24(25-19)26-20(14-5-3-6-15(11-14)27(31)32)18(22(29)23(26)30)21(28)16-7-4-8-33-16/h3-11,20,29H,1-2H3/t20-/m0/s1. The number of Topliss-reactive ketones (excluding diaryl/α,β-unsaturated/α-hetero) is 1. The smallest absolute Gasteiger partial charge is 0.296 e. The highest BCUT2D eigenvalue weighted by Gasteiger charge is 2.46. The van der Waals surface area contributed by atoms with Crippen LogP contribution >= 0.6 is 11.3 Å². The number of carbonyl (C=O) groups is 2. The maximum atomic E-state index is 13.3. The Hall–Kier alpha value is -4.31. The third-order valence-electron chi connectivity index (χ3n) is 5.62. The number of rotatable bonds is 5. The van der Waals surface area contributed by atoms with Crippen molar-refractivity contribution in [1.82, 2.24) is 4.98 Å². The third kappa shape index (κ3) is 3.35. The molecule has 1 aliphatic heterocycles.